The molecule has 0 aliphatic carbocycles. The van der Waals surface area contributed by atoms with E-state index >= 15 is 0 Å². The zero-order valence-corrected chi connectivity index (χ0v) is 31.7. The molecule has 53 heavy (non-hydrogen) atoms. The van der Waals surface area contributed by atoms with Gasteiger partial charge in [-0.2, -0.15) is 9.78 Å². The van der Waals surface area contributed by atoms with E-state index in [9.17, 15) is 4.79 Å². The van der Waals surface area contributed by atoms with E-state index in [1.165, 1.54) is 16.4 Å². The quantitative estimate of drug-likeness (QED) is 0.0900. The summed E-state index contributed by atoms with van der Waals surface area (Å²) in [4.78, 5) is 44.2. The summed E-state index contributed by atoms with van der Waals surface area (Å²) in [6.07, 6.45) is 14.3. The fraction of sp³-hybridized carbons (Fsp3) is 0.389. The summed E-state index contributed by atoms with van der Waals surface area (Å²) in [5.74, 6) is 3.79. The van der Waals surface area contributed by atoms with Crippen LogP contribution in [0.5, 0.6) is 0 Å². The maximum atomic E-state index is 13.3. The Kier molecular flexibility index (Phi) is 13.7. The van der Waals surface area contributed by atoms with Gasteiger partial charge in [-0.05, 0) is 48.4 Å². The molecule has 5 aromatic rings. The maximum absolute atomic E-state index is 13.3. The fourth-order valence-corrected chi connectivity index (χ4v) is 6.36. The minimum Gasteiger partial charge on any atom is -0.378 e. The van der Waals surface area contributed by atoms with Crippen molar-refractivity contribution in [2.24, 2.45) is 11.8 Å². The molecule has 0 amide bonds. The molecular formula is C36H45N13O2S2. The van der Waals surface area contributed by atoms with Gasteiger partial charge in [-0.3, -0.25) is 4.79 Å². The molecule has 2 unspecified atom stereocenters. The normalized spacial score (nSPS) is 14.0. The predicted molar refractivity (Wildman–Crippen MR) is 213 cm³/mol. The van der Waals surface area contributed by atoms with Crippen LogP contribution in [0, 0.1) is 11.8 Å². The zero-order chi connectivity index (χ0) is 36.8. The highest BCUT2D eigenvalue weighted by Gasteiger charge is 2.13. The summed E-state index contributed by atoms with van der Waals surface area (Å²) in [5.41, 5.74) is 2.14. The first-order chi connectivity index (χ1) is 25.9. The minimum atomic E-state index is -0.194. The van der Waals surface area contributed by atoms with Crippen molar-refractivity contribution in [1.82, 2.24) is 39.7 Å². The van der Waals surface area contributed by atoms with Crippen LogP contribution in [0.2, 0.25) is 0 Å². The Balaban J connectivity index is 0.915. The number of aromatic nitrogens is 8. The Labute approximate surface area is 317 Å². The number of ether oxygens (including phenoxy) is 1. The van der Waals surface area contributed by atoms with E-state index in [4.69, 9.17) is 4.74 Å². The van der Waals surface area contributed by atoms with Gasteiger partial charge in [0.15, 0.2) is 0 Å². The fourth-order valence-electron chi connectivity index (χ4n) is 5.25. The molecule has 17 heteroatoms. The number of nitrogens with zero attached hydrogens (tertiary/aromatic N) is 9. The van der Waals surface area contributed by atoms with Crippen LogP contribution in [-0.2, 0) is 10.5 Å². The summed E-state index contributed by atoms with van der Waals surface area (Å²) in [6.45, 7) is 10.4. The van der Waals surface area contributed by atoms with Crippen LogP contribution in [0.15, 0.2) is 88.3 Å². The van der Waals surface area contributed by atoms with Gasteiger partial charge < -0.3 is 30.9 Å². The Morgan fingerprint density at radius 2 is 1.25 bits per heavy atom. The van der Waals surface area contributed by atoms with Crippen molar-refractivity contribution in [3.05, 3.63) is 89.6 Å². The molecule has 1 saturated heterocycles. The summed E-state index contributed by atoms with van der Waals surface area (Å²) in [6, 6.07) is 9.55. The van der Waals surface area contributed by atoms with E-state index in [1.807, 2.05) is 43.0 Å². The lowest BCUT2D eigenvalue weighted by atomic mass is 10.2. The first-order valence-corrected chi connectivity index (χ1v) is 19.7. The Morgan fingerprint density at radius 1 is 0.698 bits per heavy atom. The van der Waals surface area contributed by atoms with Crippen LogP contribution in [0.1, 0.15) is 19.4 Å². The number of hydrogen-bond acceptors (Lipinski definition) is 16. The van der Waals surface area contributed by atoms with Crippen molar-refractivity contribution in [1.29, 1.82) is 0 Å². The highest BCUT2D eigenvalue weighted by molar-refractivity contribution is 7.98. The van der Waals surface area contributed by atoms with Crippen molar-refractivity contribution in [3.63, 3.8) is 0 Å². The van der Waals surface area contributed by atoms with Crippen molar-refractivity contribution in [2.45, 2.75) is 29.4 Å². The average Bonchev–Trinajstić information content (AvgIpc) is 3.21. The van der Waals surface area contributed by atoms with E-state index in [2.05, 4.69) is 81.1 Å². The van der Waals surface area contributed by atoms with Gasteiger partial charge in [0.1, 0.15) is 11.6 Å². The molecule has 0 saturated carbocycles. The molecule has 1 fully saturated rings. The lowest BCUT2D eigenvalue weighted by molar-refractivity contribution is 0.122. The Hall–Kier alpha value is -5.00. The first-order valence-electron chi connectivity index (χ1n) is 17.5. The third-order valence-corrected chi connectivity index (χ3v) is 10.1. The molecule has 5 aromatic heterocycles. The standard InChI is InChI=1S/C36H45N13O2S2/c1-25(14-37-32-6-4-28(18-39-32)48-10-12-51-13-11-48)17-42-36-45-22-31(23-46-36)53-24-27-8-9-47-49(34(27)50)29-5-7-33(40-19-29)38-15-26(2)16-41-35-43-20-30(52-3)21-44-35/h4-9,18-23,25-26H,10-17,24H2,1-3H3,(H,37,39)(H,38,40)(H,41,43,44)(H,42,45,46). The maximum Gasteiger partial charge on any atom is 0.275 e. The van der Waals surface area contributed by atoms with Crippen LogP contribution in [0.3, 0.4) is 0 Å². The van der Waals surface area contributed by atoms with Crippen LogP contribution in [0.25, 0.3) is 5.69 Å². The number of rotatable bonds is 18. The number of pyridine rings is 2. The molecule has 0 aromatic carbocycles. The second kappa shape index (κ2) is 19.2. The van der Waals surface area contributed by atoms with Gasteiger partial charge >= 0.3 is 0 Å². The van der Waals surface area contributed by atoms with Gasteiger partial charge in [0, 0.05) is 91.4 Å². The van der Waals surface area contributed by atoms with Gasteiger partial charge in [-0.1, -0.05) is 13.8 Å². The summed E-state index contributed by atoms with van der Waals surface area (Å²) >= 11 is 3.11. The third kappa shape index (κ3) is 11.2. The number of thioether (sulfide) groups is 2. The molecule has 0 bridgehead atoms. The largest absolute Gasteiger partial charge is 0.378 e. The summed E-state index contributed by atoms with van der Waals surface area (Å²) in [5, 5.41) is 17.6. The average molecular weight is 756 g/mol. The minimum absolute atomic E-state index is 0.194. The topological polar surface area (TPSA) is 173 Å². The van der Waals surface area contributed by atoms with Crippen LogP contribution in [-0.4, -0.2) is 98.4 Å². The molecular weight excluding hydrogens is 711 g/mol. The van der Waals surface area contributed by atoms with Crippen molar-refractivity contribution >= 4 is 52.7 Å². The van der Waals surface area contributed by atoms with E-state index in [1.54, 1.807) is 42.6 Å². The van der Waals surface area contributed by atoms with Crippen LogP contribution >= 0.6 is 23.5 Å². The molecule has 1 aliphatic heterocycles. The van der Waals surface area contributed by atoms with Crippen molar-refractivity contribution in [3.8, 4) is 5.69 Å². The van der Waals surface area contributed by atoms with Gasteiger partial charge in [-0.25, -0.2) is 29.9 Å². The first kappa shape index (κ1) is 37.7. The Bertz CT molecular complexity index is 1910. The third-order valence-electron chi connectivity index (χ3n) is 8.41. The van der Waals surface area contributed by atoms with Crippen molar-refractivity contribution < 1.29 is 4.74 Å². The highest BCUT2D eigenvalue weighted by atomic mass is 32.2. The number of hydrogen-bond donors (Lipinski definition) is 4. The monoisotopic (exact) mass is 755 g/mol. The molecule has 4 N–H and O–H groups in total. The zero-order valence-electron chi connectivity index (χ0n) is 30.1. The van der Waals surface area contributed by atoms with E-state index in [-0.39, 0.29) is 5.56 Å². The van der Waals surface area contributed by atoms with E-state index in [0.717, 1.165) is 54.1 Å². The highest BCUT2D eigenvalue weighted by Crippen LogP contribution is 2.21. The SMILES string of the molecule is CSc1cnc(NCC(C)CNc2ccc(-n3nccc(CSc4cnc(NCC(C)CNc5ccc(N6CCOCC6)cn5)nc4)c3=O)cn2)nc1. The molecule has 15 nitrogen and oxygen atoms in total. The van der Waals surface area contributed by atoms with Gasteiger partial charge in [0.05, 0.1) is 37.0 Å². The van der Waals surface area contributed by atoms with Gasteiger partial charge in [0.25, 0.3) is 5.56 Å². The lowest BCUT2D eigenvalue weighted by Crippen LogP contribution is -2.36. The molecule has 0 spiro atoms. The molecule has 6 rings (SSSR count). The second-order valence-corrected chi connectivity index (χ2v) is 14.6. The molecule has 1 aliphatic rings. The number of anilines is 5. The second-order valence-electron chi connectivity index (χ2n) is 12.7. The molecule has 6 heterocycles. The number of morpholine rings is 1. The van der Waals surface area contributed by atoms with E-state index < -0.39 is 0 Å². The number of nitrogens with one attached hydrogen (secondary N) is 4. The van der Waals surface area contributed by atoms with Gasteiger partial charge in [0.2, 0.25) is 11.9 Å². The predicted octanol–water partition coefficient (Wildman–Crippen LogP) is 4.77. The van der Waals surface area contributed by atoms with Crippen LogP contribution < -0.4 is 31.7 Å². The van der Waals surface area contributed by atoms with Gasteiger partial charge in [-0.15, -0.1) is 23.5 Å². The molecule has 2 atom stereocenters. The Morgan fingerprint density at radius 3 is 1.79 bits per heavy atom. The lowest BCUT2D eigenvalue weighted by Gasteiger charge is -2.28. The van der Waals surface area contributed by atoms with E-state index in [0.29, 0.717) is 66.2 Å². The summed E-state index contributed by atoms with van der Waals surface area (Å²) < 4.78 is 6.81. The molecule has 0 radical (unpaired) electrons. The van der Waals surface area contributed by atoms with Crippen molar-refractivity contribution in [2.75, 3.05) is 84.9 Å². The van der Waals surface area contributed by atoms with Crippen LogP contribution in [0.4, 0.5) is 29.2 Å². The molecule has 278 valence electrons. The smallest absolute Gasteiger partial charge is 0.275 e. The summed E-state index contributed by atoms with van der Waals surface area (Å²) in [7, 11) is 0.